The third-order valence-electron chi connectivity index (χ3n) is 2.76. The van der Waals surface area contributed by atoms with E-state index in [1.165, 1.54) is 18.2 Å². The first-order valence-electron chi connectivity index (χ1n) is 7.18. The largest absolute Gasteiger partial charge is 0.444 e. The number of nitro groups is 1. The summed E-state index contributed by atoms with van der Waals surface area (Å²) in [6.45, 7) is 5.23. The molecule has 134 valence electrons. The van der Waals surface area contributed by atoms with Crippen LogP contribution in [0.25, 0.3) is 0 Å². The normalized spacial score (nSPS) is 11.5. The maximum atomic E-state index is 11.5. The highest BCUT2D eigenvalue weighted by molar-refractivity contribution is 7.69. The van der Waals surface area contributed by atoms with Crippen molar-refractivity contribution in [2.75, 3.05) is 13.1 Å². The molecular weight excluding hydrogens is 338 g/mol. The minimum absolute atomic E-state index is 0.0175. The Kier molecular flexibility index (Phi) is 7.11. The van der Waals surface area contributed by atoms with E-state index in [0.29, 0.717) is 5.56 Å². The number of carbonyl (C=O) groups is 1. The molecule has 0 fully saturated rings. The van der Waals surface area contributed by atoms with Crippen molar-refractivity contribution in [3.8, 4) is 0 Å². The quantitative estimate of drug-likeness (QED) is 0.432. The summed E-state index contributed by atoms with van der Waals surface area (Å²) in [5.74, 6) is 0. The summed E-state index contributed by atoms with van der Waals surface area (Å²) >= 11 is 0. The van der Waals surface area contributed by atoms with Crippen molar-refractivity contribution in [1.82, 2.24) is 9.62 Å². The first kappa shape index (κ1) is 19.8. The highest BCUT2D eigenvalue weighted by Gasteiger charge is 2.16. The molecule has 1 rings (SSSR count). The Morgan fingerprint density at radius 3 is 2.58 bits per heavy atom. The molecule has 9 nitrogen and oxygen atoms in total. The predicted molar refractivity (Wildman–Crippen MR) is 88.1 cm³/mol. The Morgan fingerprint density at radius 2 is 2.04 bits per heavy atom. The lowest BCUT2D eigenvalue weighted by Gasteiger charge is -2.20. The fourth-order valence-corrected chi connectivity index (χ4v) is 2.34. The van der Waals surface area contributed by atoms with Crippen LogP contribution in [-0.4, -0.2) is 42.4 Å². The van der Waals surface area contributed by atoms with Crippen molar-refractivity contribution in [1.29, 1.82) is 0 Å². The number of thiol groups is 1. The van der Waals surface area contributed by atoms with Gasteiger partial charge in [0.15, 0.2) is 0 Å². The van der Waals surface area contributed by atoms with Crippen LogP contribution in [-0.2, 0) is 22.2 Å². The fourth-order valence-electron chi connectivity index (χ4n) is 1.80. The summed E-state index contributed by atoms with van der Waals surface area (Å²) < 4.78 is 28.8. The molecule has 1 aromatic rings. The molecule has 1 aromatic carbocycles. The SMILES string of the molecule is CC(C)(C)OC(=O)NCCN(Cc1cccc([N+](=O)[O-])c1)[SH](=O)=O. The Bertz CT molecular complexity index is 661. The highest BCUT2D eigenvalue weighted by Crippen LogP contribution is 2.14. The van der Waals surface area contributed by atoms with Crippen molar-refractivity contribution in [2.24, 2.45) is 0 Å². The molecule has 0 aliphatic heterocycles. The number of amides is 1. The van der Waals surface area contributed by atoms with E-state index in [9.17, 15) is 23.3 Å². The van der Waals surface area contributed by atoms with Crippen LogP contribution >= 0.6 is 0 Å². The van der Waals surface area contributed by atoms with E-state index >= 15 is 0 Å². The van der Waals surface area contributed by atoms with Crippen molar-refractivity contribution >= 4 is 22.7 Å². The van der Waals surface area contributed by atoms with Crippen LogP contribution in [0.3, 0.4) is 0 Å². The van der Waals surface area contributed by atoms with Crippen molar-refractivity contribution < 1.29 is 22.9 Å². The smallest absolute Gasteiger partial charge is 0.407 e. The third kappa shape index (κ3) is 7.38. The van der Waals surface area contributed by atoms with E-state index in [0.717, 1.165) is 4.31 Å². The molecule has 0 saturated heterocycles. The molecule has 0 bridgehead atoms. The van der Waals surface area contributed by atoms with Crippen LogP contribution in [0.15, 0.2) is 24.3 Å². The lowest BCUT2D eigenvalue weighted by molar-refractivity contribution is -0.384. The second-order valence-electron chi connectivity index (χ2n) is 5.98. The van der Waals surface area contributed by atoms with Gasteiger partial charge in [0.1, 0.15) is 5.60 Å². The fraction of sp³-hybridized carbons (Fsp3) is 0.500. The van der Waals surface area contributed by atoms with Gasteiger partial charge in [-0.2, -0.15) is 4.31 Å². The van der Waals surface area contributed by atoms with Gasteiger partial charge in [0.05, 0.1) is 4.92 Å². The summed E-state index contributed by atoms with van der Waals surface area (Å²) in [6, 6.07) is 5.73. The monoisotopic (exact) mass is 359 g/mol. The maximum Gasteiger partial charge on any atom is 0.407 e. The van der Waals surface area contributed by atoms with Crippen LogP contribution < -0.4 is 5.32 Å². The molecule has 0 radical (unpaired) electrons. The van der Waals surface area contributed by atoms with Crippen LogP contribution in [0.2, 0.25) is 0 Å². The first-order chi connectivity index (χ1) is 11.1. The average molecular weight is 359 g/mol. The van der Waals surface area contributed by atoms with Gasteiger partial charge in [0.25, 0.3) is 5.69 Å². The van der Waals surface area contributed by atoms with Gasteiger partial charge >= 0.3 is 6.09 Å². The maximum absolute atomic E-state index is 11.5. The van der Waals surface area contributed by atoms with Gasteiger partial charge in [0.2, 0.25) is 10.9 Å². The number of rotatable bonds is 7. The van der Waals surface area contributed by atoms with Gasteiger partial charge in [-0.15, -0.1) is 0 Å². The second kappa shape index (κ2) is 8.60. The number of ether oxygens (including phenoxy) is 1. The minimum Gasteiger partial charge on any atom is -0.444 e. The molecule has 0 heterocycles. The zero-order valence-electron chi connectivity index (χ0n) is 13.7. The molecule has 24 heavy (non-hydrogen) atoms. The molecule has 0 spiro atoms. The number of hydrogen-bond acceptors (Lipinski definition) is 6. The van der Waals surface area contributed by atoms with Crippen LogP contribution in [0.4, 0.5) is 10.5 Å². The van der Waals surface area contributed by atoms with E-state index in [4.69, 9.17) is 4.74 Å². The average Bonchev–Trinajstić information content (AvgIpc) is 2.44. The molecule has 0 aliphatic rings. The van der Waals surface area contributed by atoms with E-state index in [1.54, 1.807) is 26.8 Å². The summed E-state index contributed by atoms with van der Waals surface area (Å²) in [4.78, 5) is 21.7. The Labute approximate surface area is 141 Å². The van der Waals surface area contributed by atoms with E-state index in [2.05, 4.69) is 5.32 Å². The van der Waals surface area contributed by atoms with Crippen LogP contribution in [0.1, 0.15) is 26.3 Å². The van der Waals surface area contributed by atoms with Gasteiger partial charge in [-0.3, -0.25) is 10.1 Å². The molecule has 0 aromatic heterocycles. The number of nitrogens with one attached hydrogen (secondary N) is 1. The van der Waals surface area contributed by atoms with E-state index < -0.39 is 27.5 Å². The Morgan fingerprint density at radius 1 is 1.38 bits per heavy atom. The topological polar surface area (TPSA) is 119 Å². The predicted octanol–water partition coefficient (Wildman–Crippen LogP) is 1.45. The Balaban J connectivity index is 2.61. The summed E-state index contributed by atoms with van der Waals surface area (Å²) in [5.41, 5.74) is -0.266. The lowest BCUT2D eigenvalue weighted by atomic mass is 10.2. The zero-order valence-corrected chi connectivity index (χ0v) is 14.6. The van der Waals surface area contributed by atoms with E-state index in [1.807, 2.05) is 0 Å². The molecule has 1 amide bonds. The van der Waals surface area contributed by atoms with Crippen LogP contribution in [0.5, 0.6) is 0 Å². The van der Waals surface area contributed by atoms with Gasteiger partial charge in [0, 0.05) is 31.8 Å². The molecule has 0 atom stereocenters. The molecular formula is C14H21N3O6S. The first-order valence-corrected chi connectivity index (χ1v) is 8.31. The molecule has 0 saturated carbocycles. The number of carbonyl (C=O) groups excluding carboxylic acids is 1. The van der Waals surface area contributed by atoms with Crippen molar-refractivity contribution in [2.45, 2.75) is 32.9 Å². The van der Waals surface area contributed by atoms with Crippen molar-refractivity contribution in [3.05, 3.63) is 39.9 Å². The van der Waals surface area contributed by atoms with Gasteiger partial charge in [-0.1, -0.05) is 12.1 Å². The van der Waals surface area contributed by atoms with E-state index in [-0.39, 0.29) is 25.3 Å². The van der Waals surface area contributed by atoms with Gasteiger partial charge in [-0.25, -0.2) is 13.2 Å². The highest BCUT2D eigenvalue weighted by atomic mass is 32.2. The molecule has 0 aliphatic carbocycles. The summed E-state index contributed by atoms with van der Waals surface area (Å²) in [7, 11) is -2.90. The van der Waals surface area contributed by atoms with Gasteiger partial charge < -0.3 is 10.1 Å². The number of benzene rings is 1. The van der Waals surface area contributed by atoms with Gasteiger partial charge in [-0.05, 0) is 26.3 Å². The number of non-ortho nitro benzene ring substituents is 1. The summed E-state index contributed by atoms with van der Waals surface area (Å²) in [5, 5.41) is 13.2. The van der Waals surface area contributed by atoms with Crippen molar-refractivity contribution in [3.63, 3.8) is 0 Å². The molecule has 0 unspecified atom stereocenters. The second-order valence-corrected chi connectivity index (χ2v) is 7.02. The lowest BCUT2D eigenvalue weighted by Crippen LogP contribution is -2.37. The molecule has 1 N–H and O–H groups in total. The number of nitrogens with zero attached hydrogens (tertiary/aromatic N) is 2. The van der Waals surface area contributed by atoms with Crippen LogP contribution in [0, 0.1) is 10.1 Å². The molecule has 10 heteroatoms. The number of hydrogen-bond donors (Lipinski definition) is 2. The zero-order chi connectivity index (χ0) is 18.3. The number of alkyl carbamates (subject to hydrolysis) is 1. The standard InChI is InChI=1S/C14H21N3O6S/c1-14(2,3)23-13(18)15-7-8-16(24(21)22)10-11-5-4-6-12(9-11)17(19)20/h4-6,9,24H,7-8,10H2,1-3H3,(H,15,18). The number of nitro benzene ring substituents is 1. The Hall–Kier alpha value is -2.20. The summed E-state index contributed by atoms with van der Waals surface area (Å²) in [6.07, 6.45) is -0.640. The minimum atomic E-state index is -2.90. The third-order valence-corrected chi connectivity index (χ3v) is 3.56.